The summed E-state index contributed by atoms with van der Waals surface area (Å²) in [6.07, 6.45) is 2.81. The Morgan fingerprint density at radius 1 is 1.30 bits per heavy atom. The molecule has 1 N–H and O–H groups in total. The highest BCUT2D eigenvalue weighted by Crippen LogP contribution is 2.35. The fraction of sp³-hybridized carbons (Fsp3) is 0.214. The molecule has 0 aliphatic rings. The van der Waals surface area contributed by atoms with Crippen molar-refractivity contribution in [2.45, 2.75) is 23.4 Å². The van der Waals surface area contributed by atoms with Crippen LogP contribution in [0.1, 0.15) is 11.8 Å². The average Bonchev–Trinajstić information content (AvgIpc) is 2.91. The lowest BCUT2D eigenvalue weighted by Crippen LogP contribution is -1.97. The summed E-state index contributed by atoms with van der Waals surface area (Å²) in [4.78, 5) is 15.8. The molecule has 3 heterocycles. The van der Waals surface area contributed by atoms with E-state index in [1.807, 2.05) is 25.2 Å². The lowest BCUT2D eigenvalue weighted by atomic mass is 10.3. The summed E-state index contributed by atoms with van der Waals surface area (Å²) in [6.45, 7) is 2.16. The fourth-order valence-electron chi connectivity index (χ4n) is 1.82. The Balaban J connectivity index is 2.09. The molecule has 0 aliphatic carbocycles. The summed E-state index contributed by atoms with van der Waals surface area (Å²) >= 11 is 3.30. The van der Waals surface area contributed by atoms with Crippen molar-refractivity contribution in [2.75, 3.05) is 12.4 Å². The number of hydrogen-bond donors (Lipinski definition) is 1. The lowest BCUT2D eigenvalue weighted by molar-refractivity contribution is 1.08. The number of aryl methyl sites for hydroxylation is 1. The van der Waals surface area contributed by atoms with E-state index in [9.17, 15) is 0 Å². The standard InChI is InChI=1S/C14H14N4S2/c1-3-9-8-10-12(19-9)17-14(15-2)18-13(10)20-11-6-4-5-7-16-11/h4-8H,3H2,1-2H3,(H,15,17,18). The second kappa shape index (κ2) is 5.76. The number of anilines is 1. The largest absolute Gasteiger partial charge is 0.357 e. The molecule has 102 valence electrons. The first-order chi connectivity index (χ1) is 9.80. The minimum Gasteiger partial charge on any atom is -0.357 e. The molecule has 4 nitrogen and oxygen atoms in total. The van der Waals surface area contributed by atoms with Gasteiger partial charge in [-0.2, -0.15) is 0 Å². The van der Waals surface area contributed by atoms with Gasteiger partial charge in [-0.05, 0) is 36.4 Å². The summed E-state index contributed by atoms with van der Waals surface area (Å²) in [5.41, 5.74) is 0. The highest BCUT2D eigenvalue weighted by molar-refractivity contribution is 7.99. The molecule has 0 amide bonds. The van der Waals surface area contributed by atoms with Crippen molar-refractivity contribution in [3.8, 4) is 0 Å². The van der Waals surface area contributed by atoms with Crippen LogP contribution in [-0.4, -0.2) is 22.0 Å². The molecule has 0 saturated carbocycles. The fourth-order valence-corrected chi connectivity index (χ4v) is 3.70. The highest BCUT2D eigenvalue weighted by Gasteiger charge is 2.12. The third-order valence-corrected chi connectivity index (χ3v) is 4.95. The molecule has 0 unspecified atom stereocenters. The highest BCUT2D eigenvalue weighted by atomic mass is 32.2. The number of aromatic nitrogens is 3. The normalized spacial score (nSPS) is 10.9. The molecule has 0 bridgehead atoms. The summed E-state index contributed by atoms with van der Waals surface area (Å²) < 4.78 is 0. The second-order valence-electron chi connectivity index (χ2n) is 4.16. The van der Waals surface area contributed by atoms with E-state index in [-0.39, 0.29) is 0 Å². The van der Waals surface area contributed by atoms with Crippen LogP contribution in [0.3, 0.4) is 0 Å². The maximum Gasteiger partial charge on any atom is 0.224 e. The maximum atomic E-state index is 4.57. The van der Waals surface area contributed by atoms with Crippen LogP contribution < -0.4 is 5.32 Å². The molecule has 6 heteroatoms. The quantitative estimate of drug-likeness (QED) is 0.742. The Bertz CT molecular complexity index is 725. The summed E-state index contributed by atoms with van der Waals surface area (Å²) in [6, 6.07) is 8.08. The predicted octanol–water partition coefficient (Wildman–Crippen LogP) is 3.84. The van der Waals surface area contributed by atoms with Crippen LogP contribution in [0.5, 0.6) is 0 Å². The molecule has 0 atom stereocenters. The Hall–Kier alpha value is -1.66. The van der Waals surface area contributed by atoms with Crippen LogP contribution in [0.25, 0.3) is 10.2 Å². The number of thiophene rings is 1. The zero-order valence-electron chi connectivity index (χ0n) is 11.3. The number of pyridine rings is 1. The van der Waals surface area contributed by atoms with Gasteiger partial charge in [0.25, 0.3) is 0 Å². The Kier molecular flexibility index (Phi) is 3.84. The first-order valence-corrected chi connectivity index (χ1v) is 8.00. The van der Waals surface area contributed by atoms with Gasteiger partial charge in [0.05, 0.1) is 0 Å². The van der Waals surface area contributed by atoms with Gasteiger partial charge in [0.2, 0.25) is 5.95 Å². The first kappa shape index (κ1) is 13.3. The molecule has 3 aromatic rings. The van der Waals surface area contributed by atoms with E-state index in [2.05, 4.69) is 33.3 Å². The number of rotatable bonds is 4. The van der Waals surface area contributed by atoms with Gasteiger partial charge < -0.3 is 5.32 Å². The van der Waals surface area contributed by atoms with Gasteiger partial charge in [0, 0.05) is 23.5 Å². The number of hydrogen-bond acceptors (Lipinski definition) is 6. The third kappa shape index (κ3) is 2.62. The molecular weight excluding hydrogens is 288 g/mol. The van der Waals surface area contributed by atoms with Crippen molar-refractivity contribution in [3.63, 3.8) is 0 Å². The molecular formula is C14H14N4S2. The van der Waals surface area contributed by atoms with Crippen molar-refractivity contribution in [3.05, 3.63) is 35.3 Å². The van der Waals surface area contributed by atoms with Crippen LogP contribution in [0.15, 0.2) is 40.5 Å². The van der Waals surface area contributed by atoms with Crippen molar-refractivity contribution in [1.82, 2.24) is 15.0 Å². The minimum atomic E-state index is 0.653. The van der Waals surface area contributed by atoms with Gasteiger partial charge in [0.1, 0.15) is 14.9 Å². The van der Waals surface area contributed by atoms with E-state index in [4.69, 9.17) is 0 Å². The average molecular weight is 302 g/mol. The molecule has 0 radical (unpaired) electrons. The van der Waals surface area contributed by atoms with Gasteiger partial charge in [-0.15, -0.1) is 11.3 Å². The van der Waals surface area contributed by atoms with Crippen LogP contribution in [0, 0.1) is 0 Å². The number of fused-ring (bicyclic) bond motifs is 1. The molecule has 0 saturated heterocycles. The maximum absolute atomic E-state index is 4.57. The van der Waals surface area contributed by atoms with Crippen molar-refractivity contribution < 1.29 is 0 Å². The molecule has 0 aliphatic heterocycles. The first-order valence-electron chi connectivity index (χ1n) is 6.37. The third-order valence-electron chi connectivity index (χ3n) is 2.82. The van der Waals surface area contributed by atoms with Crippen LogP contribution in [-0.2, 0) is 6.42 Å². The molecule has 0 aromatic carbocycles. The summed E-state index contributed by atoms with van der Waals surface area (Å²) in [5.74, 6) is 0.653. The van der Waals surface area contributed by atoms with Gasteiger partial charge in [-0.25, -0.2) is 15.0 Å². The zero-order valence-corrected chi connectivity index (χ0v) is 12.9. The summed E-state index contributed by atoms with van der Waals surface area (Å²) in [5, 5.41) is 6.03. The Labute approximate surface area is 125 Å². The van der Waals surface area contributed by atoms with Crippen LogP contribution >= 0.6 is 23.1 Å². The van der Waals surface area contributed by atoms with E-state index >= 15 is 0 Å². The SMILES string of the molecule is CCc1cc2c(Sc3ccccn3)nc(NC)nc2s1. The summed E-state index contributed by atoms with van der Waals surface area (Å²) in [7, 11) is 1.84. The molecule has 3 rings (SSSR count). The number of nitrogens with zero attached hydrogens (tertiary/aromatic N) is 3. The van der Waals surface area contributed by atoms with Gasteiger partial charge in [-0.3, -0.25) is 0 Å². The van der Waals surface area contributed by atoms with Crippen molar-refractivity contribution >= 4 is 39.3 Å². The van der Waals surface area contributed by atoms with Crippen LogP contribution in [0.4, 0.5) is 5.95 Å². The molecule has 3 aromatic heterocycles. The van der Waals surface area contributed by atoms with Crippen LogP contribution in [0.2, 0.25) is 0 Å². The van der Waals surface area contributed by atoms with Crippen molar-refractivity contribution in [1.29, 1.82) is 0 Å². The lowest BCUT2D eigenvalue weighted by Gasteiger charge is -2.04. The van der Waals surface area contributed by atoms with E-state index in [0.717, 1.165) is 26.7 Å². The number of nitrogens with one attached hydrogen (secondary N) is 1. The van der Waals surface area contributed by atoms with E-state index in [0.29, 0.717) is 5.95 Å². The van der Waals surface area contributed by atoms with Crippen molar-refractivity contribution in [2.24, 2.45) is 0 Å². The molecule has 0 spiro atoms. The van der Waals surface area contributed by atoms with Gasteiger partial charge >= 0.3 is 0 Å². The minimum absolute atomic E-state index is 0.653. The zero-order chi connectivity index (χ0) is 13.9. The Morgan fingerprint density at radius 2 is 2.20 bits per heavy atom. The monoisotopic (exact) mass is 302 g/mol. The Morgan fingerprint density at radius 3 is 2.90 bits per heavy atom. The molecule has 0 fully saturated rings. The van der Waals surface area contributed by atoms with E-state index in [1.54, 1.807) is 29.3 Å². The van der Waals surface area contributed by atoms with E-state index < -0.39 is 0 Å². The topological polar surface area (TPSA) is 50.7 Å². The smallest absolute Gasteiger partial charge is 0.224 e. The van der Waals surface area contributed by atoms with Gasteiger partial charge in [0.15, 0.2) is 0 Å². The molecule has 20 heavy (non-hydrogen) atoms. The van der Waals surface area contributed by atoms with Gasteiger partial charge in [-0.1, -0.05) is 13.0 Å². The second-order valence-corrected chi connectivity index (χ2v) is 6.28. The predicted molar refractivity (Wildman–Crippen MR) is 84.7 cm³/mol. The van der Waals surface area contributed by atoms with E-state index in [1.165, 1.54) is 4.88 Å².